The molecular formula is C22H22N2O7. The number of benzene rings is 2. The van der Waals surface area contributed by atoms with Crippen LogP contribution in [0, 0.1) is 10.1 Å². The van der Waals surface area contributed by atoms with Crippen LogP contribution in [0.1, 0.15) is 40.0 Å². The number of Topliss-reactive ketones (excluding diaryl/α,β-unsaturated/α-hetero) is 1. The lowest BCUT2D eigenvalue weighted by Crippen LogP contribution is -2.52. The first-order chi connectivity index (χ1) is 14.9. The fourth-order valence-corrected chi connectivity index (χ4v) is 4.24. The number of likely N-dealkylation sites (tertiary alicyclic amines) is 1. The van der Waals surface area contributed by atoms with Gasteiger partial charge in [-0.3, -0.25) is 19.7 Å². The number of ketones is 1. The number of hydrogen-bond donors (Lipinski definition) is 0. The van der Waals surface area contributed by atoms with Crippen LogP contribution in [0.4, 0.5) is 5.69 Å². The molecule has 31 heavy (non-hydrogen) atoms. The van der Waals surface area contributed by atoms with Crippen LogP contribution in [0.25, 0.3) is 0 Å². The molecule has 162 valence electrons. The van der Waals surface area contributed by atoms with Crippen LogP contribution in [-0.4, -0.2) is 54.4 Å². The molecule has 1 saturated heterocycles. The number of ether oxygens (including phenoxy) is 3. The summed E-state index contributed by atoms with van der Waals surface area (Å²) in [5.41, 5.74) is -0.478. The third-order valence-corrected chi connectivity index (χ3v) is 5.89. The standard InChI is InChI=1S/C22H22N2O7/c1-29-18-8-7-15-17(25)13-22(31-19(15)20(18)30-2)9-11-23(12-10-22)21(26)14-5-3-4-6-16(14)24(27)28/h3-8H,9-13H2,1-2H3. The molecule has 0 atom stereocenters. The lowest BCUT2D eigenvalue weighted by Gasteiger charge is -2.44. The summed E-state index contributed by atoms with van der Waals surface area (Å²) in [5.74, 6) is 0.738. The van der Waals surface area contributed by atoms with Gasteiger partial charge in [-0.15, -0.1) is 0 Å². The van der Waals surface area contributed by atoms with Gasteiger partial charge in [-0.2, -0.15) is 0 Å². The molecule has 1 fully saturated rings. The zero-order chi connectivity index (χ0) is 22.2. The van der Waals surface area contributed by atoms with E-state index in [1.807, 2.05) is 0 Å². The highest BCUT2D eigenvalue weighted by atomic mass is 16.6. The van der Waals surface area contributed by atoms with Gasteiger partial charge in [-0.25, -0.2) is 0 Å². The van der Waals surface area contributed by atoms with Crippen molar-refractivity contribution >= 4 is 17.4 Å². The predicted molar refractivity (Wildman–Crippen MR) is 110 cm³/mol. The Bertz CT molecular complexity index is 1060. The van der Waals surface area contributed by atoms with Gasteiger partial charge in [0.05, 0.1) is 31.1 Å². The number of para-hydroxylation sites is 1. The average Bonchev–Trinajstić information content (AvgIpc) is 2.78. The van der Waals surface area contributed by atoms with Gasteiger partial charge >= 0.3 is 0 Å². The van der Waals surface area contributed by atoms with Gasteiger partial charge in [0.25, 0.3) is 11.6 Å². The van der Waals surface area contributed by atoms with Crippen molar-refractivity contribution in [3.63, 3.8) is 0 Å². The third kappa shape index (κ3) is 3.56. The second-order valence-electron chi connectivity index (χ2n) is 7.63. The average molecular weight is 426 g/mol. The minimum Gasteiger partial charge on any atom is -0.493 e. The molecule has 2 aromatic rings. The van der Waals surface area contributed by atoms with Gasteiger partial charge in [0, 0.05) is 32.0 Å². The molecule has 0 radical (unpaired) electrons. The van der Waals surface area contributed by atoms with E-state index in [-0.39, 0.29) is 23.5 Å². The minimum atomic E-state index is -0.761. The second kappa shape index (κ2) is 7.90. The Labute approximate surface area is 178 Å². The van der Waals surface area contributed by atoms with Crippen LogP contribution < -0.4 is 14.2 Å². The molecule has 0 saturated carbocycles. The van der Waals surface area contributed by atoms with Crippen LogP contribution in [0.5, 0.6) is 17.2 Å². The van der Waals surface area contributed by atoms with E-state index in [1.165, 1.54) is 32.4 Å². The normalized spacial score (nSPS) is 17.0. The molecule has 2 aromatic carbocycles. The summed E-state index contributed by atoms with van der Waals surface area (Å²) in [5, 5.41) is 11.3. The van der Waals surface area contributed by atoms with Crippen molar-refractivity contribution in [2.24, 2.45) is 0 Å². The number of methoxy groups -OCH3 is 2. The first kappa shape index (κ1) is 20.6. The van der Waals surface area contributed by atoms with E-state index in [1.54, 1.807) is 23.1 Å². The number of carbonyl (C=O) groups excluding carboxylic acids is 2. The number of nitro benzene ring substituents is 1. The summed E-state index contributed by atoms with van der Waals surface area (Å²) in [4.78, 5) is 38.1. The monoisotopic (exact) mass is 426 g/mol. The van der Waals surface area contributed by atoms with Crippen molar-refractivity contribution in [1.29, 1.82) is 0 Å². The molecule has 2 heterocycles. The first-order valence-corrected chi connectivity index (χ1v) is 9.89. The van der Waals surface area contributed by atoms with Crippen LogP contribution >= 0.6 is 0 Å². The highest BCUT2D eigenvalue weighted by Gasteiger charge is 2.45. The molecule has 9 heteroatoms. The Morgan fingerprint density at radius 2 is 1.84 bits per heavy atom. The summed E-state index contributed by atoms with van der Waals surface area (Å²) >= 11 is 0. The quantitative estimate of drug-likeness (QED) is 0.545. The summed E-state index contributed by atoms with van der Waals surface area (Å²) in [7, 11) is 3.00. The van der Waals surface area contributed by atoms with Gasteiger partial charge < -0.3 is 19.1 Å². The van der Waals surface area contributed by atoms with E-state index in [0.717, 1.165) is 0 Å². The molecule has 0 aromatic heterocycles. The van der Waals surface area contributed by atoms with Crippen molar-refractivity contribution in [2.45, 2.75) is 24.9 Å². The summed E-state index contributed by atoms with van der Waals surface area (Å²) < 4.78 is 17.1. The molecule has 0 unspecified atom stereocenters. The maximum Gasteiger partial charge on any atom is 0.282 e. The number of nitrogens with zero attached hydrogens (tertiary/aromatic N) is 2. The van der Waals surface area contributed by atoms with E-state index in [2.05, 4.69) is 0 Å². The molecule has 9 nitrogen and oxygen atoms in total. The minimum absolute atomic E-state index is 0.0549. The topological polar surface area (TPSA) is 108 Å². The van der Waals surface area contributed by atoms with Gasteiger partial charge in [0.2, 0.25) is 5.75 Å². The van der Waals surface area contributed by atoms with E-state index in [4.69, 9.17) is 14.2 Å². The van der Waals surface area contributed by atoms with Crippen LogP contribution in [0.15, 0.2) is 36.4 Å². The van der Waals surface area contributed by atoms with Gasteiger partial charge in [-0.1, -0.05) is 12.1 Å². The maximum absolute atomic E-state index is 12.9. The molecular weight excluding hydrogens is 404 g/mol. The van der Waals surface area contributed by atoms with Crippen LogP contribution in [-0.2, 0) is 0 Å². The summed E-state index contributed by atoms with van der Waals surface area (Å²) in [6, 6.07) is 9.24. The van der Waals surface area contributed by atoms with E-state index in [9.17, 15) is 19.7 Å². The van der Waals surface area contributed by atoms with Crippen molar-refractivity contribution < 1.29 is 28.7 Å². The lowest BCUT2D eigenvalue weighted by atomic mass is 9.82. The van der Waals surface area contributed by atoms with E-state index < -0.39 is 16.4 Å². The highest BCUT2D eigenvalue weighted by Crippen LogP contribution is 2.47. The number of hydrogen-bond acceptors (Lipinski definition) is 7. The Balaban J connectivity index is 1.56. The third-order valence-electron chi connectivity index (χ3n) is 5.89. The Kier molecular flexibility index (Phi) is 5.26. The molecule has 2 aliphatic heterocycles. The largest absolute Gasteiger partial charge is 0.493 e. The van der Waals surface area contributed by atoms with E-state index in [0.29, 0.717) is 48.7 Å². The van der Waals surface area contributed by atoms with Crippen LogP contribution in [0.2, 0.25) is 0 Å². The van der Waals surface area contributed by atoms with Crippen molar-refractivity contribution in [1.82, 2.24) is 4.90 Å². The maximum atomic E-state index is 12.9. The number of nitro groups is 1. The Morgan fingerprint density at radius 3 is 2.48 bits per heavy atom. The first-order valence-electron chi connectivity index (χ1n) is 9.89. The Morgan fingerprint density at radius 1 is 1.13 bits per heavy atom. The molecule has 4 rings (SSSR count). The predicted octanol–water partition coefficient (Wildman–Crippen LogP) is 3.25. The molecule has 0 aliphatic carbocycles. The SMILES string of the molecule is COc1ccc2c(c1OC)OC1(CCN(C(=O)c3ccccc3[N+](=O)[O-])CC1)CC2=O. The fraction of sp³-hybridized carbons (Fsp3) is 0.364. The van der Waals surface area contributed by atoms with E-state index >= 15 is 0 Å². The number of fused-ring (bicyclic) bond motifs is 1. The molecule has 2 aliphatic rings. The summed E-state index contributed by atoms with van der Waals surface area (Å²) in [6.07, 6.45) is 1.04. The molecule has 1 spiro atoms. The number of carbonyl (C=O) groups is 2. The lowest BCUT2D eigenvalue weighted by molar-refractivity contribution is -0.385. The highest BCUT2D eigenvalue weighted by molar-refractivity contribution is 6.02. The zero-order valence-electron chi connectivity index (χ0n) is 17.3. The van der Waals surface area contributed by atoms with Crippen molar-refractivity contribution in [3.8, 4) is 17.2 Å². The van der Waals surface area contributed by atoms with Crippen molar-refractivity contribution in [3.05, 3.63) is 57.6 Å². The van der Waals surface area contributed by atoms with Gasteiger partial charge in [-0.05, 0) is 18.2 Å². The smallest absolute Gasteiger partial charge is 0.282 e. The number of amides is 1. The number of rotatable bonds is 4. The Hall–Kier alpha value is -3.62. The fourth-order valence-electron chi connectivity index (χ4n) is 4.24. The molecule has 0 N–H and O–H groups in total. The second-order valence-corrected chi connectivity index (χ2v) is 7.63. The number of piperidine rings is 1. The van der Waals surface area contributed by atoms with Crippen molar-refractivity contribution in [2.75, 3.05) is 27.3 Å². The summed E-state index contributed by atoms with van der Waals surface area (Å²) in [6.45, 7) is 0.638. The zero-order valence-corrected chi connectivity index (χ0v) is 17.3. The molecule has 0 bridgehead atoms. The van der Waals surface area contributed by atoms with Crippen LogP contribution in [0.3, 0.4) is 0 Å². The molecule has 1 amide bonds. The van der Waals surface area contributed by atoms with Gasteiger partial charge in [0.15, 0.2) is 17.3 Å². The van der Waals surface area contributed by atoms with Gasteiger partial charge in [0.1, 0.15) is 11.2 Å².